The molecule has 0 bridgehead atoms. The highest BCUT2D eigenvalue weighted by atomic mass is 127. The molecule has 1 heterocycles. The van der Waals surface area contributed by atoms with Crippen molar-refractivity contribution < 1.29 is 9.18 Å². The number of carbonyl (C=O) groups is 1. The van der Waals surface area contributed by atoms with Crippen LogP contribution in [-0.4, -0.2) is 41.5 Å². The van der Waals surface area contributed by atoms with E-state index in [-0.39, 0.29) is 42.2 Å². The molecule has 2 N–H and O–H groups in total. The van der Waals surface area contributed by atoms with Crippen molar-refractivity contribution >= 4 is 57.5 Å². The molecule has 2 rings (SSSR count). The van der Waals surface area contributed by atoms with Crippen molar-refractivity contribution in [3.63, 3.8) is 0 Å². The molecule has 2 aromatic rings. The van der Waals surface area contributed by atoms with Gasteiger partial charge in [-0.25, -0.2) is 9.38 Å². The van der Waals surface area contributed by atoms with Gasteiger partial charge >= 0.3 is 0 Å². The van der Waals surface area contributed by atoms with Crippen LogP contribution in [0.25, 0.3) is 0 Å². The molecule has 0 spiro atoms. The van der Waals surface area contributed by atoms with Gasteiger partial charge in [-0.3, -0.25) is 4.79 Å². The molecule has 6 nitrogen and oxygen atoms in total. The van der Waals surface area contributed by atoms with Crippen molar-refractivity contribution in [2.24, 2.45) is 12.0 Å². The van der Waals surface area contributed by atoms with Gasteiger partial charge in [0, 0.05) is 42.7 Å². The van der Waals surface area contributed by atoms with Crippen LogP contribution >= 0.6 is 39.9 Å². The normalized spacial score (nSPS) is 10.9. The summed E-state index contributed by atoms with van der Waals surface area (Å²) in [5.41, 5.74) is 1.65. The number of aromatic nitrogens is 1. The fraction of sp³-hybridized carbons (Fsp3) is 0.333. The number of aryl methyl sites for hydroxylation is 1. The molecule has 0 atom stereocenters. The van der Waals surface area contributed by atoms with Crippen LogP contribution in [0.2, 0.25) is 0 Å². The fourth-order valence-corrected chi connectivity index (χ4v) is 2.96. The zero-order valence-electron chi connectivity index (χ0n) is 15.5. The third kappa shape index (κ3) is 7.49. The highest BCUT2D eigenvalue weighted by Crippen LogP contribution is 2.15. The van der Waals surface area contributed by atoms with Crippen molar-refractivity contribution in [1.82, 2.24) is 14.8 Å². The zero-order valence-corrected chi connectivity index (χ0v) is 19.4. The molecular weight excluding hydrogens is 528 g/mol. The van der Waals surface area contributed by atoms with Gasteiger partial charge in [-0.05, 0) is 53.2 Å². The lowest BCUT2D eigenvalue weighted by Gasteiger charge is -2.22. The first-order valence-electron chi connectivity index (χ1n) is 8.24. The predicted molar refractivity (Wildman–Crippen MR) is 121 cm³/mol. The zero-order chi connectivity index (χ0) is 19.1. The van der Waals surface area contributed by atoms with Crippen LogP contribution in [0.3, 0.4) is 0 Å². The molecule has 1 amide bonds. The van der Waals surface area contributed by atoms with E-state index < -0.39 is 0 Å². The largest absolute Gasteiger partial charge is 0.357 e. The van der Waals surface area contributed by atoms with Crippen LogP contribution in [0.4, 0.5) is 10.1 Å². The maximum atomic E-state index is 12.9. The van der Waals surface area contributed by atoms with E-state index in [2.05, 4.69) is 31.6 Å². The van der Waals surface area contributed by atoms with E-state index in [1.807, 2.05) is 42.7 Å². The number of hydrogen-bond donors (Lipinski definition) is 2. The summed E-state index contributed by atoms with van der Waals surface area (Å²) in [4.78, 5) is 18.4. The smallest absolute Gasteiger partial charge is 0.246 e. The number of nitrogens with one attached hydrogen (secondary N) is 2. The Hall–Kier alpha value is -1.62. The number of benzene rings is 1. The average molecular weight is 552 g/mol. The lowest BCUT2D eigenvalue weighted by molar-refractivity contribution is -0.114. The van der Waals surface area contributed by atoms with Gasteiger partial charge in [-0.15, -0.1) is 24.0 Å². The maximum Gasteiger partial charge on any atom is 0.246 e. The van der Waals surface area contributed by atoms with Gasteiger partial charge in [0.1, 0.15) is 12.4 Å². The quantitative estimate of drug-likeness (QED) is 0.328. The fourth-order valence-electron chi connectivity index (χ4n) is 2.39. The van der Waals surface area contributed by atoms with Crippen molar-refractivity contribution in [1.29, 1.82) is 0 Å². The Labute approximate surface area is 184 Å². The summed E-state index contributed by atoms with van der Waals surface area (Å²) in [6.45, 7) is 3.29. The molecule has 0 aliphatic heterocycles. The van der Waals surface area contributed by atoms with Crippen LogP contribution in [-0.2, 0) is 18.4 Å². The van der Waals surface area contributed by atoms with E-state index in [1.165, 1.54) is 24.3 Å². The van der Waals surface area contributed by atoms with Gasteiger partial charge in [0.05, 0.1) is 6.54 Å². The molecule has 0 unspecified atom stereocenters. The highest BCUT2D eigenvalue weighted by molar-refractivity contribution is 14.0. The minimum atomic E-state index is -0.343. The Morgan fingerprint density at radius 1 is 1.33 bits per heavy atom. The highest BCUT2D eigenvalue weighted by Gasteiger charge is 2.10. The summed E-state index contributed by atoms with van der Waals surface area (Å²) in [5.74, 6) is 0.0329. The summed E-state index contributed by atoms with van der Waals surface area (Å²) in [5, 5.41) is 5.88. The lowest BCUT2D eigenvalue weighted by Crippen LogP contribution is -2.39. The second-order valence-electron chi connectivity index (χ2n) is 5.84. The average Bonchev–Trinajstić information content (AvgIpc) is 2.90. The second kappa shape index (κ2) is 11.3. The minimum absolute atomic E-state index is 0. The first kappa shape index (κ1) is 23.4. The predicted octanol–water partition coefficient (Wildman–Crippen LogP) is 3.58. The molecular formula is C18H24BrFIN5O. The Morgan fingerprint density at radius 3 is 2.56 bits per heavy atom. The number of rotatable bonds is 6. The molecule has 0 saturated heterocycles. The minimum Gasteiger partial charge on any atom is -0.357 e. The number of amides is 1. The van der Waals surface area contributed by atoms with Crippen LogP contribution in [0.1, 0.15) is 12.6 Å². The lowest BCUT2D eigenvalue weighted by atomic mass is 10.3. The number of aliphatic imine (C=N–C) groups is 1. The van der Waals surface area contributed by atoms with E-state index in [1.54, 1.807) is 0 Å². The first-order chi connectivity index (χ1) is 12.4. The second-order valence-corrected chi connectivity index (χ2v) is 6.76. The molecule has 9 heteroatoms. The number of halogens is 3. The van der Waals surface area contributed by atoms with Gasteiger partial charge < -0.3 is 20.1 Å². The third-order valence-corrected chi connectivity index (χ3v) is 4.10. The molecule has 0 aliphatic rings. The Balaban J connectivity index is 0.00000364. The van der Waals surface area contributed by atoms with E-state index in [4.69, 9.17) is 0 Å². The van der Waals surface area contributed by atoms with Crippen molar-refractivity contribution in [2.45, 2.75) is 13.5 Å². The molecule has 1 aromatic heterocycles. The Bertz CT molecular complexity index is 779. The van der Waals surface area contributed by atoms with Crippen LogP contribution in [0.5, 0.6) is 0 Å². The Kier molecular flexibility index (Phi) is 9.78. The standard InChI is InChI=1S/C18H23BrFN5O.HI/c1-4-21-18(25(3)12-16-9-13(19)11-24(16)2)22-10-17(26)23-15-7-5-14(20)6-8-15;/h5-9,11H,4,10,12H2,1-3H3,(H,21,22)(H,23,26);1H. The van der Waals surface area contributed by atoms with E-state index >= 15 is 0 Å². The summed E-state index contributed by atoms with van der Waals surface area (Å²) in [6, 6.07) is 7.67. The number of guanidine groups is 1. The number of anilines is 1. The Morgan fingerprint density at radius 2 is 2.00 bits per heavy atom. The molecule has 0 fully saturated rings. The number of nitrogens with zero attached hydrogens (tertiary/aromatic N) is 3. The number of carbonyl (C=O) groups excluding carboxylic acids is 1. The van der Waals surface area contributed by atoms with Gasteiger partial charge in [0.2, 0.25) is 5.91 Å². The van der Waals surface area contributed by atoms with E-state index in [0.717, 1.165) is 10.2 Å². The van der Waals surface area contributed by atoms with Gasteiger partial charge in [0.15, 0.2) is 5.96 Å². The topological polar surface area (TPSA) is 61.7 Å². The summed E-state index contributed by atoms with van der Waals surface area (Å²) in [7, 11) is 3.90. The monoisotopic (exact) mass is 551 g/mol. The molecule has 0 radical (unpaired) electrons. The van der Waals surface area contributed by atoms with Gasteiger partial charge in [-0.2, -0.15) is 0 Å². The van der Waals surface area contributed by atoms with Crippen molar-refractivity contribution in [3.8, 4) is 0 Å². The molecule has 148 valence electrons. The van der Waals surface area contributed by atoms with Crippen LogP contribution in [0, 0.1) is 5.82 Å². The first-order valence-corrected chi connectivity index (χ1v) is 9.04. The van der Waals surface area contributed by atoms with Crippen molar-refractivity contribution in [2.75, 3.05) is 25.5 Å². The van der Waals surface area contributed by atoms with Gasteiger partial charge in [0.25, 0.3) is 0 Å². The van der Waals surface area contributed by atoms with Crippen molar-refractivity contribution in [3.05, 3.63) is 52.5 Å². The molecule has 0 saturated carbocycles. The molecule has 0 aliphatic carbocycles. The van der Waals surface area contributed by atoms with Crippen LogP contribution < -0.4 is 10.6 Å². The molecule has 27 heavy (non-hydrogen) atoms. The van der Waals surface area contributed by atoms with E-state index in [0.29, 0.717) is 24.7 Å². The SMILES string of the molecule is CCNC(=NCC(=O)Nc1ccc(F)cc1)N(C)Cc1cc(Br)cn1C.I. The maximum absolute atomic E-state index is 12.9. The van der Waals surface area contributed by atoms with Crippen LogP contribution in [0.15, 0.2) is 46.0 Å². The van der Waals surface area contributed by atoms with Gasteiger partial charge in [-0.1, -0.05) is 0 Å². The summed E-state index contributed by atoms with van der Waals surface area (Å²) in [6.07, 6.45) is 1.99. The summed E-state index contributed by atoms with van der Waals surface area (Å²) < 4.78 is 16.0. The summed E-state index contributed by atoms with van der Waals surface area (Å²) >= 11 is 3.46. The molecule has 1 aromatic carbocycles. The third-order valence-electron chi connectivity index (χ3n) is 3.67. The number of hydrogen-bond acceptors (Lipinski definition) is 2. The van der Waals surface area contributed by atoms with E-state index in [9.17, 15) is 9.18 Å².